The summed E-state index contributed by atoms with van der Waals surface area (Å²) in [5, 5.41) is 8.59. The lowest BCUT2D eigenvalue weighted by atomic mass is 10.2. The van der Waals surface area contributed by atoms with E-state index in [1.807, 2.05) is 37.3 Å². The molecule has 3 heterocycles. The molecule has 0 saturated carbocycles. The highest BCUT2D eigenvalue weighted by Gasteiger charge is 2.16. The van der Waals surface area contributed by atoms with Crippen molar-refractivity contribution in [2.24, 2.45) is 0 Å². The molecule has 1 N–H and O–H groups in total. The van der Waals surface area contributed by atoms with Crippen LogP contribution >= 0.6 is 11.3 Å². The number of hydrogen-bond acceptors (Lipinski definition) is 7. The van der Waals surface area contributed by atoms with Crippen molar-refractivity contribution in [2.75, 3.05) is 11.9 Å². The Hall–Kier alpha value is -3.72. The summed E-state index contributed by atoms with van der Waals surface area (Å²) >= 11 is 1.38. The van der Waals surface area contributed by atoms with E-state index in [1.165, 1.54) is 22.2 Å². The predicted octanol–water partition coefficient (Wildman–Crippen LogP) is 3.79. The van der Waals surface area contributed by atoms with Crippen LogP contribution < -0.4 is 15.7 Å². The predicted molar refractivity (Wildman–Crippen MR) is 115 cm³/mol. The fourth-order valence-corrected chi connectivity index (χ4v) is 4.22. The van der Waals surface area contributed by atoms with E-state index in [9.17, 15) is 9.59 Å². The van der Waals surface area contributed by atoms with Gasteiger partial charge < -0.3 is 14.5 Å². The second-order valence-corrected chi connectivity index (χ2v) is 7.61. The van der Waals surface area contributed by atoms with E-state index in [4.69, 9.17) is 9.15 Å². The fourth-order valence-electron chi connectivity index (χ4n) is 3.36. The Labute approximate surface area is 173 Å². The van der Waals surface area contributed by atoms with E-state index < -0.39 is 5.63 Å². The summed E-state index contributed by atoms with van der Waals surface area (Å²) in [6.45, 7) is 2.43. The first-order valence-corrected chi connectivity index (χ1v) is 10.1. The van der Waals surface area contributed by atoms with Gasteiger partial charge in [0.2, 0.25) is 5.91 Å². The van der Waals surface area contributed by atoms with E-state index in [0.717, 1.165) is 21.4 Å². The summed E-state index contributed by atoms with van der Waals surface area (Å²) in [5.74, 6) is 0.448. The summed E-state index contributed by atoms with van der Waals surface area (Å²) in [4.78, 5) is 29.3. The van der Waals surface area contributed by atoms with E-state index in [1.54, 1.807) is 12.1 Å². The maximum absolute atomic E-state index is 12.7. The van der Waals surface area contributed by atoms with Crippen LogP contribution in [0.25, 0.3) is 32.1 Å². The third-order valence-corrected chi connectivity index (χ3v) is 5.57. The molecular weight excluding hydrogens is 404 g/mol. The minimum absolute atomic E-state index is 0.0585. The van der Waals surface area contributed by atoms with E-state index in [-0.39, 0.29) is 12.5 Å². The Morgan fingerprint density at radius 2 is 2.10 bits per heavy atom. The van der Waals surface area contributed by atoms with Gasteiger partial charge in [-0.15, -0.1) is 0 Å². The first-order chi connectivity index (χ1) is 14.6. The quantitative estimate of drug-likeness (QED) is 0.434. The number of fused-ring (bicyclic) bond motifs is 4. The topological polar surface area (TPSA) is 99.2 Å². The van der Waals surface area contributed by atoms with Crippen molar-refractivity contribution in [3.05, 3.63) is 59.1 Å². The van der Waals surface area contributed by atoms with Crippen LogP contribution in [0.5, 0.6) is 5.75 Å². The number of anilines is 1. The highest BCUT2D eigenvalue weighted by Crippen LogP contribution is 2.29. The van der Waals surface area contributed by atoms with Gasteiger partial charge in [0.1, 0.15) is 23.3 Å². The van der Waals surface area contributed by atoms with Crippen molar-refractivity contribution in [3.8, 4) is 5.75 Å². The third-order valence-electron chi connectivity index (χ3n) is 4.61. The molecule has 5 aromatic rings. The molecule has 9 heteroatoms. The van der Waals surface area contributed by atoms with Crippen LogP contribution in [0.3, 0.4) is 0 Å². The molecular formula is C21H16N4O4S. The lowest BCUT2D eigenvalue weighted by Gasteiger charge is -2.05. The van der Waals surface area contributed by atoms with Gasteiger partial charge in [0.15, 0.2) is 5.13 Å². The number of ether oxygens (including phenoxy) is 1. The van der Waals surface area contributed by atoms with Gasteiger partial charge in [-0.2, -0.15) is 5.10 Å². The molecule has 5 rings (SSSR count). The number of nitrogens with zero attached hydrogens (tertiary/aromatic N) is 3. The zero-order valence-electron chi connectivity index (χ0n) is 15.9. The molecule has 0 fully saturated rings. The van der Waals surface area contributed by atoms with Crippen molar-refractivity contribution in [1.29, 1.82) is 0 Å². The van der Waals surface area contributed by atoms with Crippen molar-refractivity contribution in [3.63, 3.8) is 0 Å². The van der Waals surface area contributed by atoms with Gasteiger partial charge in [0.05, 0.1) is 28.5 Å². The number of aromatic nitrogens is 3. The number of benzene rings is 2. The summed E-state index contributed by atoms with van der Waals surface area (Å²) in [5.41, 5.74) is 1.30. The Morgan fingerprint density at radius 1 is 1.23 bits per heavy atom. The molecule has 0 aliphatic carbocycles. The average molecular weight is 420 g/mol. The molecule has 1 amide bonds. The Bertz CT molecular complexity index is 1470. The van der Waals surface area contributed by atoms with E-state index >= 15 is 0 Å². The van der Waals surface area contributed by atoms with Gasteiger partial charge >= 0.3 is 5.63 Å². The second kappa shape index (κ2) is 7.27. The van der Waals surface area contributed by atoms with Crippen LogP contribution in [-0.2, 0) is 11.3 Å². The van der Waals surface area contributed by atoms with Crippen LogP contribution in [-0.4, -0.2) is 27.3 Å². The zero-order valence-corrected chi connectivity index (χ0v) is 16.7. The molecule has 0 saturated heterocycles. The number of amides is 1. The monoisotopic (exact) mass is 420 g/mol. The van der Waals surface area contributed by atoms with Gasteiger partial charge in [-0.05, 0) is 31.2 Å². The number of carbonyl (C=O) groups excluding carboxylic acids is 1. The molecule has 0 bridgehead atoms. The highest BCUT2D eigenvalue weighted by molar-refractivity contribution is 7.22. The molecule has 3 aromatic heterocycles. The van der Waals surface area contributed by atoms with Crippen molar-refractivity contribution in [1.82, 2.24) is 14.8 Å². The minimum atomic E-state index is -0.480. The van der Waals surface area contributed by atoms with Crippen molar-refractivity contribution < 1.29 is 13.9 Å². The third kappa shape index (κ3) is 3.18. The number of rotatable bonds is 5. The largest absolute Gasteiger partial charge is 0.494 e. The SMILES string of the molecule is CCOc1ccc2sc(NC(=O)Cn3ncc4c(=O)oc5ccccc5c43)nc2c1. The number of thiazole rings is 1. The summed E-state index contributed by atoms with van der Waals surface area (Å²) in [6, 6.07) is 12.8. The van der Waals surface area contributed by atoms with E-state index in [2.05, 4.69) is 15.4 Å². The smallest absolute Gasteiger partial charge is 0.347 e. The summed E-state index contributed by atoms with van der Waals surface area (Å²) in [7, 11) is 0. The Kier molecular flexibility index (Phi) is 4.44. The first kappa shape index (κ1) is 18.3. The molecule has 30 heavy (non-hydrogen) atoms. The van der Waals surface area contributed by atoms with E-state index in [0.29, 0.717) is 28.2 Å². The normalized spacial score (nSPS) is 11.4. The van der Waals surface area contributed by atoms with Crippen LogP contribution in [0.1, 0.15) is 6.92 Å². The number of carbonyl (C=O) groups is 1. The van der Waals surface area contributed by atoms with Crippen LogP contribution in [0, 0.1) is 0 Å². The molecule has 0 aliphatic heterocycles. The number of hydrogen-bond donors (Lipinski definition) is 1. The van der Waals surface area contributed by atoms with Gasteiger partial charge in [-0.1, -0.05) is 23.5 Å². The van der Waals surface area contributed by atoms with Crippen molar-refractivity contribution >= 4 is 54.5 Å². The lowest BCUT2D eigenvalue weighted by Crippen LogP contribution is -2.19. The van der Waals surface area contributed by atoms with Crippen LogP contribution in [0.4, 0.5) is 5.13 Å². The van der Waals surface area contributed by atoms with Crippen molar-refractivity contribution in [2.45, 2.75) is 13.5 Å². The Balaban J connectivity index is 1.44. The summed E-state index contributed by atoms with van der Waals surface area (Å²) in [6.07, 6.45) is 1.42. The fraction of sp³-hybridized carbons (Fsp3) is 0.143. The van der Waals surface area contributed by atoms with Gasteiger partial charge in [0.25, 0.3) is 0 Å². The average Bonchev–Trinajstić information content (AvgIpc) is 3.32. The van der Waals surface area contributed by atoms with Crippen LogP contribution in [0.2, 0.25) is 0 Å². The minimum Gasteiger partial charge on any atom is -0.494 e. The number of para-hydroxylation sites is 1. The highest BCUT2D eigenvalue weighted by atomic mass is 32.1. The Morgan fingerprint density at radius 3 is 2.97 bits per heavy atom. The molecule has 0 spiro atoms. The molecule has 0 aliphatic rings. The van der Waals surface area contributed by atoms with Gasteiger partial charge in [-0.25, -0.2) is 9.78 Å². The molecule has 0 radical (unpaired) electrons. The lowest BCUT2D eigenvalue weighted by molar-refractivity contribution is -0.116. The standard InChI is InChI=1S/C21H16N4O4S/c1-2-28-12-7-8-17-15(9-12)23-21(30-17)24-18(26)11-25-19-13-5-3-4-6-16(13)29-20(27)14(19)10-22-25/h3-10H,2,11H2,1H3,(H,23,24,26). The van der Waals surface area contributed by atoms with Crippen LogP contribution in [0.15, 0.2) is 57.9 Å². The first-order valence-electron chi connectivity index (χ1n) is 9.33. The van der Waals surface area contributed by atoms with Gasteiger partial charge in [0, 0.05) is 11.5 Å². The molecule has 2 aromatic carbocycles. The molecule has 8 nitrogen and oxygen atoms in total. The van der Waals surface area contributed by atoms with Gasteiger partial charge in [-0.3, -0.25) is 9.48 Å². The maximum Gasteiger partial charge on any atom is 0.347 e. The molecule has 0 atom stereocenters. The molecule has 0 unspecified atom stereocenters. The number of nitrogens with one attached hydrogen (secondary N) is 1. The molecule has 150 valence electrons. The second-order valence-electron chi connectivity index (χ2n) is 6.58. The summed E-state index contributed by atoms with van der Waals surface area (Å²) < 4.78 is 13.3. The maximum atomic E-state index is 12.7. The zero-order chi connectivity index (χ0) is 20.7.